The Labute approximate surface area is 204 Å². The van der Waals surface area contributed by atoms with Crippen LogP contribution in [0.15, 0.2) is 53.5 Å². The van der Waals surface area contributed by atoms with Gasteiger partial charge in [0.05, 0.1) is 13.3 Å². The smallest absolute Gasteiger partial charge is 0.270 e. The van der Waals surface area contributed by atoms with E-state index < -0.39 is 5.82 Å². The van der Waals surface area contributed by atoms with Gasteiger partial charge in [-0.05, 0) is 53.5 Å². The number of halogens is 1. The Hall–Kier alpha value is -3.63. The molecule has 180 valence electrons. The van der Waals surface area contributed by atoms with Crippen LogP contribution in [0.3, 0.4) is 0 Å². The van der Waals surface area contributed by atoms with Gasteiger partial charge >= 0.3 is 0 Å². The van der Waals surface area contributed by atoms with Crippen molar-refractivity contribution >= 4 is 5.95 Å². The summed E-state index contributed by atoms with van der Waals surface area (Å²) in [5.74, 6) is 6.34. The van der Waals surface area contributed by atoms with E-state index >= 15 is 0 Å². The largest absolute Gasteiger partial charge is 0.494 e. The molecule has 1 spiro atoms. The lowest BCUT2D eigenvalue weighted by molar-refractivity contribution is 0.186. The number of benzene rings is 2. The van der Waals surface area contributed by atoms with Gasteiger partial charge in [-0.3, -0.25) is 9.36 Å². The number of piperidine rings is 1. The molecule has 0 amide bonds. The maximum absolute atomic E-state index is 13.6. The lowest BCUT2D eigenvalue weighted by atomic mass is 9.73. The average Bonchev–Trinajstić information content (AvgIpc) is 3.14. The van der Waals surface area contributed by atoms with Crippen molar-refractivity contribution in [3.63, 3.8) is 0 Å². The summed E-state index contributed by atoms with van der Waals surface area (Å²) in [6.45, 7) is 1.61. The Balaban J connectivity index is 1.28. The van der Waals surface area contributed by atoms with Crippen LogP contribution in [0.2, 0.25) is 0 Å². The molecule has 1 atom stereocenters. The third-order valence-corrected chi connectivity index (χ3v) is 7.51. The molecule has 1 aliphatic heterocycles. The van der Waals surface area contributed by atoms with Crippen LogP contribution < -0.4 is 20.9 Å². The van der Waals surface area contributed by atoms with Crippen molar-refractivity contribution in [2.75, 3.05) is 25.1 Å². The first-order chi connectivity index (χ1) is 16.9. The maximum Gasteiger partial charge on any atom is 0.270 e. The van der Waals surface area contributed by atoms with Crippen molar-refractivity contribution in [3.8, 4) is 17.6 Å². The van der Waals surface area contributed by atoms with Crippen LogP contribution in [-0.4, -0.2) is 29.8 Å². The number of aromatic nitrogens is 2. The Bertz CT molecular complexity index is 1380. The summed E-state index contributed by atoms with van der Waals surface area (Å²) in [6, 6.07) is 13.2. The van der Waals surface area contributed by atoms with Crippen molar-refractivity contribution in [2.45, 2.75) is 31.7 Å². The van der Waals surface area contributed by atoms with Crippen molar-refractivity contribution < 1.29 is 9.13 Å². The van der Waals surface area contributed by atoms with Crippen molar-refractivity contribution in [2.24, 2.45) is 18.2 Å². The van der Waals surface area contributed by atoms with Crippen LogP contribution >= 0.6 is 0 Å². The molecule has 0 saturated carbocycles. The number of hydrogen-bond acceptors (Lipinski definition) is 5. The van der Waals surface area contributed by atoms with E-state index in [1.165, 1.54) is 24.3 Å². The zero-order chi connectivity index (χ0) is 24.6. The highest BCUT2D eigenvalue weighted by atomic mass is 19.1. The van der Waals surface area contributed by atoms with Crippen LogP contribution in [0.4, 0.5) is 10.3 Å². The van der Waals surface area contributed by atoms with Crippen LogP contribution in [0.1, 0.15) is 41.1 Å². The van der Waals surface area contributed by atoms with E-state index in [9.17, 15) is 9.18 Å². The number of methoxy groups -OCH3 is 1. The van der Waals surface area contributed by atoms with E-state index in [0.717, 1.165) is 37.9 Å². The van der Waals surface area contributed by atoms with Crippen LogP contribution in [0.5, 0.6) is 5.75 Å². The number of ether oxygens (including phenoxy) is 1. The third kappa shape index (κ3) is 4.19. The fourth-order valence-electron chi connectivity index (χ4n) is 5.43. The monoisotopic (exact) mass is 472 g/mol. The molecular weight excluding hydrogens is 443 g/mol. The number of nitrogens with zero attached hydrogens (tertiary/aromatic N) is 3. The zero-order valence-corrected chi connectivity index (χ0v) is 20.1. The molecule has 1 fully saturated rings. The molecule has 1 aromatic heterocycles. The molecule has 6 nitrogen and oxygen atoms in total. The molecule has 2 N–H and O–H groups in total. The van der Waals surface area contributed by atoms with Gasteiger partial charge in [0.1, 0.15) is 5.56 Å². The second kappa shape index (κ2) is 9.20. The van der Waals surface area contributed by atoms with Crippen molar-refractivity contribution in [1.29, 1.82) is 0 Å². The first-order valence-electron chi connectivity index (χ1n) is 11.9. The number of hydrogen-bond donors (Lipinski definition) is 1. The quantitative estimate of drug-likeness (QED) is 0.592. The van der Waals surface area contributed by atoms with Crippen LogP contribution in [0.25, 0.3) is 0 Å². The normalized spacial score (nSPS) is 18.2. The van der Waals surface area contributed by atoms with E-state index in [1.54, 1.807) is 29.9 Å². The molecular formula is C28H29FN4O2. The van der Waals surface area contributed by atoms with Crippen molar-refractivity contribution in [3.05, 3.63) is 87.1 Å². The molecule has 2 aliphatic rings. The lowest BCUT2D eigenvalue weighted by Crippen LogP contribution is -2.46. The first kappa shape index (κ1) is 23.1. The van der Waals surface area contributed by atoms with E-state index in [4.69, 9.17) is 10.5 Å². The highest BCUT2D eigenvalue weighted by Crippen LogP contribution is 2.50. The molecule has 0 radical (unpaired) electrons. The van der Waals surface area contributed by atoms with Gasteiger partial charge in [0.25, 0.3) is 5.56 Å². The van der Waals surface area contributed by atoms with Gasteiger partial charge < -0.3 is 15.4 Å². The van der Waals surface area contributed by atoms with E-state index in [-0.39, 0.29) is 22.8 Å². The third-order valence-electron chi connectivity index (χ3n) is 7.51. The highest BCUT2D eigenvalue weighted by Gasteiger charge is 2.46. The van der Waals surface area contributed by atoms with Gasteiger partial charge in [-0.2, -0.15) is 0 Å². The fraction of sp³-hybridized carbons (Fsp3) is 0.357. The summed E-state index contributed by atoms with van der Waals surface area (Å²) in [5, 5.41) is 0. The van der Waals surface area contributed by atoms with E-state index in [1.807, 2.05) is 0 Å². The summed E-state index contributed by atoms with van der Waals surface area (Å²) < 4.78 is 20.2. The maximum atomic E-state index is 13.6. The number of rotatable bonds is 3. The predicted octanol–water partition coefficient (Wildman–Crippen LogP) is 3.36. The Morgan fingerprint density at radius 1 is 1.23 bits per heavy atom. The Morgan fingerprint density at radius 2 is 2.00 bits per heavy atom. The Morgan fingerprint density at radius 3 is 2.74 bits per heavy atom. The lowest BCUT2D eigenvalue weighted by Gasteiger charge is -2.42. The minimum atomic E-state index is -0.416. The first-order valence-corrected chi connectivity index (χ1v) is 11.9. The van der Waals surface area contributed by atoms with E-state index in [0.29, 0.717) is 17.9 Å². The summed E-state index contributed by atoms with van der Waals surface area (Å²) in [4.78, 5) is 19.7. The van der Waals surface area contributed by atoms with Crippen LogP contribution in [-0.2, 0) is 19.9 Å². The molecule has 7 heteroatoms. The second-order valence-electron chi connectivity index (χ2n) is 9.49. The predicted molar refractivity (Wildman–Crippen MR) is 134 cm³/mol. The topological polar surface area (TPSA) is 73.4 Å². The minimum Gasteiger partial charge on any atom is -0.494 e. The average molecular weight is 473 g/mol. The number of fused-ring (bicyclic) bond motifs is 1. The summed E-state index contributed by atoms with van der Waals surface area (Å²) >= 11 is 0. The van der Waals surface area contributed by atoms with Gasteiger partial charge in [0, 0.05) is 32.6 Å². The standard InChI is InChI=1S/C28H29FN4O2/c1-32-26(34)21(8-5-6-19-10-11-23(29)24(16-19)35-2)18-31-27(32)33-14-12-28(13-15-33)17-20-7-3-4-9-22(20)25(28)30/h3-4,7,9-11,16,18,25H,6,12-15,17,30H2,1-2H3/t25-/m1/s1. The molecule has 1 saturated heterocycles. The van der Waals surface area contributed by atoms with Crippen LogP contribution in [0, 0.1) is 23.1 Å². The minimum absolute atomic E-state index is 0.0522. The van der Waals surface area contributed by atoms with Gasteiger partial charge in [0.2, 0.25) is 5.95 Å². The molecule has 3 aromatic rings. The van der Waals surface area contributed by atoms with Gasteiger partial charge in [-0.15, -0.1) is 0 Å². The SMILES string of the molecule is COc1cc(CC#Cc2cnc(N3CCC4(CC3)Cc3ccccc3[C@H]4N)n(C)c2=O)ccc1F. The molecule has 2 heterocycles. The summed E-state index contributed by atoms with van der Waals surface area (Å²) in [7, 11) is 3.16. The van der Waals surface area contributed by atoms with Crippen molar-refractivity contribution in [1.82, 2.24) is 9.55 Å². The summed E-state index contributed by atoms with van der Waals surface area (Å²) in [5.41, 5.74) is 10.4. The summed E-state index contributed by atoms with van der Waals surface area (Å²) in [6.07, 6.45) is 4.86. The second-order valence-corrected chi connectivity index (χ2v) is 9.49. The van der Waals surface area contributed by atoms with E-state index in [2.05, 4.69) is 46.0 Å². The molecule has 0 bridgehead atoms. The molecule has 2 aromatic carbocycles. The fourth-order valence-corrected chi connectivity index (χ4v) is 5.43. The Kier molecular flexibility index (Phi) is 6.08. The highest BCUT2D eigenvalue weighted by molar-refractivity contribution is 5.42. The number of nitrogens with two attached hydrogens (primary N) is 1. The molecule has 1 aliphatic carbocycles. The zero-order valence-electron chi connectivity index (χ0n) is 20.1. The number of anilines is 1. The molecule has 5 rings (SSSR count). The van der Waals surface area contributed by atoms with Gasteiger partial charge in [-0.25, -0.2) is 9.37 Å². The molecule has 35 heavy (non-hydrogen) atoms. The van der Waals surface area contributed by atoms with Gasteiger partial charge in [-0.1, -0.05) is 42.2 Å². The van der Waals surface area contributed by atoms with Gasteiger partial charge in [0.15, 0.2) is 11.6 Å². The molecule has 0 unspecified atom stereocenters.